The largest absolute Gasteiger partial charge is 0.304 e. The maximum absolute atomic E-state index is 4.71. The monoisotopic (exact) mass is 267 g/mol. The Balaban J connectivity index is 2.04. The number of benzene rings is 1. The SMILES string of the molecule is CCNC(c1cnc2ccccc2n1)c1ccn(C)n1. The summed E-state index contributed by atoms with van der Waals surface area (Å²) >= 11 is 0. The summed E-state index contributed by atoms with van der Waals surface area (Å²) in [6.07, 6.45) is 3.76. The van der Waals surface area contributed by atoms with Crippen LogP contribution < -0.4 is 5.32 Å². The Morgan fingerprint density at radius 1 is 1.15 bits per heavy atom. The molecule has 1 N–H and O–H groups in total. The number of para-hydroxylation sites is 2. The van der Waals surface area contributed by atoms with Gasteiger partial charge in [0, 0.05) is 13.2 Å². The summed E-state index contributed by atoms with van der Waals surface area (Å²) in [4.78, 5) is 9.19. The van der Waals surface area contributed by atoms with Crippen LogP contribution in [0.25, 0.3) is 11.0 Å². The highest BCUT2D eigenvalue weighted by Gasteiger charge is 2.17. The minimum Gasteiger partial charge on any atom is -0.304 e. The Bertz CT molecular complexity index is 719. The van der Waals surface area contributed by atoms with E-state index in [1.54, 1.807) is 4.68 Å². The van der Waals surface area contributed by atoms with Crippen molar-refractivity contribution < 1.29 is 0 Å². The minimum absolute atomic E-state index is 0.0293. The lowest BCUT2D eigenvalue weighted by molar-refractivity contribution is 0.587. The number of fused-ring (bicyclic) bond motifs is 1. The van der Waals surface area contributed by atoms with Crippen LogP contribution in [0.2, 0.25) is 0 Å². The molecule has 0 spiro atoms. The van der Waals surface area contributed by atoms with Crippen LogP contribution in [0.3, 0.4) is 0 Å². The van der Waals surface area contributed by atoms with Crippen molar-refractivity contribution in [3.63, 3.8) is 0 Å². The zero-order valence-corrected chi connectivity index (χ0v) is 11.6. The summed E-state index contributed by atoms with van der Waals surface area (Å²) in [6, 6.07) is 9.87. The molecule has 2 heterocycles. The number of hydrogen-bond acceptors (Lipinski definition) is 4. The molecule has 1 unspecified atom stereocenters. The Labute approximate surface area is 117 Å². The molecule has 0 saturated heterocycles. The Hall–Kier alpha value is -2.27. The first-order valence-corrected chi connectivity index (χ1v) is 6.72. The molecule has 1 aromatic carbocycles. The zero-order chi connectivity index (χ0) is 13.9. The van der Waals surface area contributed by atoms with Crippen molar-refractivity contribution in [1.29, 1.82) is 0 Å². The predicted octanol–water partition coefficient (Wildman–Crippen LogP) is 2.06. The van der Waals surface area contributed by atoms with Crippen molar-refractivity contribution in [2.75, 3.05) is 6.54 Å². The molecule has 0 aliphatic heterocycles. The van der Waals surface area contributed by atoms with Gasteiger partial charge >= 0.3 is 0 Å². The zero-order valence-electron chi connectivity index (χ0n) is 11.6. The fourth-order valence-corrected chi connectivity index (χ4v) is 2.26. The third kappa shape index (κ3) is 2.40. The number of nitrogens with zero attached hydrogens (tertiary/aromatic N) is 4. The second kappa shape index (κ2) is 5.38. The molecular weight excluding hydrogens is 250 g/mol. The fraction of sp³-hybridized carbons (Fsp3) is 0.267. The van der Waals surface area contributed by atoms with Gasteiger partial charge in [-0.2, -0.15) is 5.10 Å². The summed E-state index contributed by atoms with van der Waals surface area (Å²) in [7, 11) is 1.92. The topological polar surface area (TPSA) is 55.6 Å². The van der Waals surface area contributed by atoms with E-state index in [0.717, 1.165) is 29.0 Å². The quantitative estimate of drug-likeness (QED) is 0.786. The van der Waals surface area contributed by atoms with Gasteiger partial charge in [0.2, 0.25) is 0 Å². The highest BCUT2D eigenvalue weighted by atomic mass is 15.3. The Kier molecular flexibility index (Phi) is 3.43. The van der Waals surface area contributed by atoms with Crippen LogP contribution in [0.15, 0.2) is 42.7 Å². The molecule has 0 saturated carbocycles. The first kappa shape index (κ1) is 12.7. The van der Waals surface area contributed by atoms with Crippen molar-refractivity contribution in [1.82, 2.24) is 25.1 Å². The van der Waals surface area contributed by atoms with Gasteiger partial charge in [0.05, 0.1) is 34.7 Å². The van der Waals surface area contributed by atoms with Gasteiger partial charge in [-0.25, -0.2) is 4.98 Å². The molecule has 3 aromatic rings. The highest BCUT2D eigenvalue weighted by molar-refractivity contribution is 5.73. The van der Waals surface area contributed by atoms with Crippen molar-refractivity contribution in [2.45, 2.75) is 13.0 Å². The van der Waals surface area contributed by atoms with Gasteiger partial charge in [-0.1, -0.05) is 19.1 Å². The molecule has 3 rings (SSSR count). The Morgan fingerprint density at radius 2 is 1.95 bits per heavy atom. The molecule has 1 atom stereocenters. The van der Waals surface area contributed by atoms with Gasteiger partial charge in [0.1, 0.15) is 0 Å². The first-order valence-electron chi connectivity index (χ1n) is 6.72. The molecule has 5 nitrogen and oxygen atoms in total. The molecule has 0 radical (unpaired) electrons. The van der Waals surface area contributed by atoms with Gasteiger partial charge in [-0.3, -0.25) is 9.67 Å². The smallest absolute Gasteiger partial charge is 0.0959 e. The summed E-state index contributed by atoms with van der Waals surface area (Å²) in [6.45, 7) is 2.92. The molecule has 0 aliphatic rings. The lowest BCUT2D eigenvalue weighted by Gasteiger charge is -2.15. The minimum atomic E-state index is -0.0293. The predicted molar refractivity (Wildman–Crippen MR) is 78.3 cm³/mol. The van der Waals surface area contributed by atoms with Crippen molar-refractivity contribution in [2.24, 2.45) is 7.05 Å². The van der Waals surface area contributed by atoms with Crippen LogP contribution in [0.1, 0.15) is 24.4 Å². The second-order valence-electron chi connectivity index (χ2n) is 4.69. The van der Waals surface area contributed by atoms with E-state index < -0.39 is 0 Å². The van der Waals surface area contributed by atoms with Crippen LogP contribution >= 0.6 is 0 Å². The fourth-order valence-electron chi connectivity index (χ4n) is 2.26. The van der Waals surface area contributed by atoms with Crippen molar-refractivity contribution in [3.05, 3.63) is 54.1 Å². The average molecular weight is 267 g/mol. The molecular formula is C15H17N5. The van der Waals surface area contributed by atoms with Crippen LogP contribution in [-0.4, -0.2) is 26.3 Å². The second-order valence-corrected chi connectivity index (χ2v) is 4.69. The summed E-state index contributed by atoms with van der Waals surface area (Å²) in [5.74, 6) is 0. The van der Waals surface area contributed by atoms with E-state index in [1.165, 1.54) is 0 Å². The van der Waals surface area contributed by atoms with E-state index in [0.29, 0.717) is 0 Å². The lowest BCUT2D eigenvalue weighted by atomic mass is 10.1. The molecule has 0 fully saturated rings. The van der Waals surface area contributed by atoms with E-state index in [4.69, 9.17) is 4.98 Å². The van der Waals surface area contributed by atoms with Gasteiger partial charge in [-0.15, -0.1) is 0 Å². The van der Waals surface area contributed by atoms with Crippen LogP contribution in [0.5, 0.6) is 0 Å². The molecule has 20 heavy (non-hydrogen) atoms. The van der Waals surface area contributed by atoms with Crippen LogP contribution in [0, 0.1) is 0 Å². The number of aromatic nitrogens is 4. The van der Waals surface area contributed by atoms with Gasteiger partial charge < -0.3 is 5.32 Å². The third-order valence-electron chi connectivity index (χ3n) is 3.20. The maximum atomic E-state index is 4.71. The van der Waals surface area contributed by atoms with E-state index in [1.807, 2.05) is 49.8 Å². The molecule has 0 amide bonds. The first-order chi connectivity index (χ1) is 9.78. The third-order valence-corrected chi connectivity index (χ3v) is 3.20. The summed E-state index contributed by atoms with van der Waals surface area (Å²) in [5.41, 5.74) is 3.67. The standard InChI is InChI=1S/C15H17N5/c1-3-16-15(13-8-9-20(2)19-13)14-10-17-11-6-4-5-7-12(11)18-14/h4-10,15-16H,3H2,1-2H3. The molecule has 102 valence electrons. The number of aryl methyl sites for hydroxylation is 1. The van der Waals surface area contributed by atoms with Crippen molar-refractivity contribution in [3.8, 4) is 0 Å². The highest BCUT2D eigenvalue weighted by Crippen LogP contribution is 2.20. The lowest BCUT2D eigenvalue weighted by Crippen LogP contribution is -2.23. The van der Waals surface area contributed by atoms with Crippen LogP contribution in [0.4, 0.5) is 0 Å². The average Bonchev–Trinajstić information content (AvgIpc) is 2.90. The van der Waals surface area contributed by atoms with E-state index in [9.17, 15) is 0 Å². The van der Waals surface area contributed by atoms with Gasteiger partial charge in [0.25, 0.3) is 0 Å². The molecule has 2 aromatic heterocycles. The van der Waals surface area contributed by atoms with E-state index >= 15 is 0 Å². The molecule has 0 bridgehead atoms. The number of rotatable bonds is 4. The maximum Gasteiger partial charge on any atom is 0.0959 e. The van der Waals surface area contributed by atoms with Crippen molar-refractivity contribution >= 4 is 11.0 Å². The van der Waals surface area contributed by atoms with E-state index in [-0.39, 0.29) is 6.04 Å². The summed E-state index contributed by atoms with van der Waals surface area (Å²) < 4.78 is 1.80. The van der Waals surface area contributed by atoms with Gasteiger partial charge in [0.15, 0.2) is 0 Å². The normalized spacial score (nSPS) is 12.7. The van der Waals surface area contributed by atoms with Gasteiger partial charge in [-0.05, 0) is 24.7 Å². The molecule has 0 aliphatic carbocycles. The van der Waals surface area contributed by atoms with E-state index in [2.05, 4.69) is 22.3 Å². The summed E-state index contributed by atoms with van der Waals surface area (Å²) in [5, 5.41) is 7.89. The Morgan fingerprint density at radius 3 is 2.65 bits per heavy atom. The number of nitrogens with one attached hydrogen (secondary N) is 1. The number of hydrogen-bond donors (Lipinski definition) is 1. The molecule has 5 heteroatoms. The van der Waals surface area contributed by atoms with Crippen LogP contribution in [-0.2, 0) is 7.05 Å².